The van der Waals surface area contributed by atoms with Crippen molar-refractivity contribution in [3.8, 4) is 0 Å². The second kappa shape index (κ2) is 2.74. The summed E-state index contributed by atoms with van der Waals surface area (Å²) in [5, 5.41) is 5.79. The van der Waals surface area contributed by atoms with Crippen molar-refractivity contribution in [2.45, 2.75) is 13.8 Å². The molecule has 0 saturated heterocycles. The summed E-state index contributed by atoms with van der Waals surface area (Å²) in [5.41, 5.74) is 3.65. The second-order valence-electron chi connectivity index (χ2n) is 3.32. The lowest BCUT2D eigenvalue weighted by atomic mass is 10.1. The maximum atomic E-state index is 5.97. The summed E-state index contributed by atoms with van der Waals surface area (Å²) in [7, 11) is 1.92. The molecule has 1 aromatic carbocycles. The molecule has 3 heteroatoms. The van der Waals surface area contributed by atoms with Gasteiger partial charge in [-0.05, 0) is 31.0 Å². The quantitative estimate of drug-likeness (QED) is 0.631. The second-order valence-corrected chi connectivity index (χ2v) is 3.68. The zero-order chi connectivity index (χ0) is 9.59. The van der Waals surface area contributed by atoms with Gasteiger partial charge in [0.15, 0.2) is 5.15 Å². The molecule has 0 spiro atoms. The van der Waals surface area contributed by atoms with Gasteiger partial charge in [0.1, 0.15) is 0 Å². The third kappa shape index (κ3) is 1.13. The van der Waals surface area contributed by atoms with Crippen LogP contribution in [0.25, 0.3) is 10.9 Å². The van der Waals surface area contributed by atoms with Gasteiger partial charge in [-0.25, -0.2) is 0 Å². The van der Waals surface area contributed by atoms with Crippen LogP contribution >= 0.6 is 11.6 Å². The van der Waals surface area contributed by atoms with Crippen molar-refractivity contribution in [2.24, 2.45) is 7.05 Å². The Hall–Kier alpha value is -1.02. The molecule has 2 nitrogen and oxygen atoms in total. The molecule has 2 aromatic rings. The number of aryl methyl sites for hydroxylation is 3. The number of hydrogen-bond acceptors (Lipinski definition) is 1. The third-order valence-corrected chi connectivity index (χ3v) is 2.76. The number of rotatable bonds is 0. The van der Waals surface area contributed by atoms with Gasteiger partial charge in [-0.1, -0.05) is 17.7 Å². The summed E-state index contributed by atoms with van der Waals surface area (Å²) in [6.45, 7) is 4.19. The van der Waals surface area contributed by atoms with Crippen molar-refractivity contribution in [1.29, 1.82) is 0 Å². The predicted octanol–water partition coefficient (Wildman–Crippen LogP) is 2.84. The van der Waals surface area contributed by atoms with Gasteiger partial charge in [-0.15, -0.1) is 0 Å². The topological polar surface area (TPSA) is 17.8 Å². The van der Waals surface area contributed by atoms with Crippen molar-refractivity contribution in [3.63, 3.8) is 0 Å². The highest BCUT2D eigenvalue weighted by Crippen LogP contribution is 2.26. The molecule has 13 heavy (non-hydrogen) atoms. The fourth-order valence-corrected chi connectivity index (χ4v) is 1.89. The van der Waals surface area contributed by atoms with Crippen LogP contribution in [0.2, 0.25) is 5.15 Å². The Bertz CT molecular complexity index is 471. The van der Waals surface area contributed by atoms with Crippen LogP contribution in [-0.4, -0.2) is 9.78 Å². The maximum Gasteiger partial charge on any atom is 0.158 e. The summed E-state index contributed by atoms with van der Waals surface area (Å²) in [4.78, 5) is 0. The van der Waals surface area contributed by atoms with E-state index in [0.29, 0.717) is 5.15 Å². The molecule has 0 unspecified atom stereocenters. The lowest BCUT2D eigenvalue weighted by Crippen LogP contribution is -1.92. The van der Waals surface area contributed by atoms with E-state index in [1.54, 1.807) is 0 Å². The Morgan fingerprint density at radius 1 is 1.31 bits per heavy atom. The number of aromatic nitrogens is 2. The van der Waals surface area contributed by atoms with Crippen LogP contribution in [0.15, 0.2) is 12.1 Å². The first-order valence-electron chi connectivity index (χ1n) is 4.19. The smallest absolute Gasteiger partial charge is 0.158 e. The first-order valence-corrected chi connectivity index (χ1v) is 4.57. The van der Waals surface area contributed by atoms with Crippen LogP contribution in [0.4, 0.5) is 0 Å². The van der Waals surface area contributed by atoms with E-state index in [0.717, 1.165) is 10.9 Å². The van der Waals surface area contributed by atoms with Gasteiger partial charge >= 0.3 is 0 Å². The minimum atomic E-state index is 0.584. The van der Waals surface area contributed by atoms with Gasteiger partial charge in [0.2, 0.25) is 0 Å². The minimum absolute atomic E-state index is 0.584. The van der Waals surface area contributed by atoms with E-state index in [9.17, 15) is 0 Å². The number of hydrogen-bond donors (Lipinski definition) is 0. The van der Waals surface area contributed by atoms with Crippen molar-refractivity contribution in [1.82, 2.24) is 9.78 Å². The molecule has 68 valence electrons. The first kappa shape index (κ1) is 8.57. The molecular weight excluding hydrogens is 184 g/mol. The highest BCUT2D eigenvalue weighted by atomic mass is 35.5. The fourth-order valence-electron chi connectivity index (χ4n) is 1.62. The van der Waals surface area contributed by atoms with Gasteiger partial charge in [0.05, 0.1) is 5.52 Å². The van der Waals surface area contributed by atoms with E-state index in [1.807, 2.05) is 17.8 Å². The molecule has 0 N–H and O–H groups in total. The monoisotopic (exact) mass is 194 g/mol. The highest BCUT2D eigenvalue weighted by Gasteiger charge is 2.09. The zero-order valence-electron chi connectivity index (χ0n) is 7.93. The number of nitrogens with zero attached hydrogens (tertiary/aromatic N) is 2. The third-order valence-electron chi connectivity index (χ3n) is 2.49. The van der Waals surface area contributed by atoms with E-state index in [2.05, 4.69) is 25.0 Å². The molecule has 0 saturated carbocycles. The lowest BCUT2D eigenvalue weighted by Gasteiger charge is -2.02. The molecule has 0 aliphatic rings. The van der Waals surface area contributed by atoms with E-state index in [4.69, 9.17) is 11.6 Å². The van der Waals surface area contributed by atoms with Crippen LogP contribution in [-0.2, 0) is 7.05 Å². The average molecular weight is 195 g/mol. The summed E-state index contributed by atoms with van der Waals surface area (Å²) in [6, 6.07) is 4.10. The Morgan fingerprint density at radius 2 is 2.00 bits per heavy atom. The van der Waals surface area contributed by atoms with Gasteiger partial charge in [0.25, 0.3) is 0 Å². The average Bonchev–Trinajstić information content (AvgIpc) is 2.35. The molecule has 0 atom stereocenters. The molecule has 0 amide bonds. The Morgan fingerprint density at radius 3 is 2.69 bits per heavy atom. The number of benzene rings is 1. The fraction of sp³-hybridized carbons (Fsp3) is 0.300. The van der Waals surface area contributed by atoms with E-state index < -0.39 is 0 Å². The van der Waals surface area contributed by atoms with Crippen LogP contribution in [0, 0.1) is 13.8 Å². The first-order chi connectivity index (χ1) is 6.11. The normalized spacial score (nSPS) is 11.1. The van der Waals surface area contributed by atoms with Crippen molar-refractivity contribution in [2.75, 3.05) is 0 Å². The SMILES string of the molecule is Cc1ccc2c(Cl)nn(C)c2c1C. The van der Waals surface area contributed by atoms with Crippen LogP contribution in [0.1, 0.15) is 11.1 Å². The van der Waals surface area contributed by atoms with Crippen LogP contribution in [0.5, 0.6) is 0 Å². The standard InChI is InChI=1S/C10H11ClN2/c1-6-4-5-8-9(7(6)2)13(3)12-10(8)11/h4-5H,1-3H3. The Balaban J connectivity index is 2.98. The van der Waals surface area contributed by atoms with Gasteiger partial charge in [0, 0.05) is 12.4 Å². The summed E-state index contributed by atoms with van der Waals surface area (Å²) < 4.78 is 1.83. The molecule has 2 rings (SSSR count). The Labute approximate surface area is 82.1 Å². The van der Waals surface area contributed by atoms with Gasteiger partial charge in [-0.3, -0.25) is 4.68 Å². The number of fused-ring (bicyclic) bond motifs is 1. The maximum absolute atomic E-state index is 5.97. The molecule has 0 aliphatic heterocycles. The van der Waals surface area contributed by atoms with Gasteiger partial charge in [-0.2, -0.15) is 5.10 Å². The van der Waals surface area contributed by atoms with E-state index >= 15 is 0 Å². The summed E-state index contributed by atoms with van der Waals surface area (Å²) >= 11 is 5.97. The van der Waals surface area contributed by atoms with Crippen LogP contribution < -0.4 is 0 Å². The summed E-state index contributed by atoms with van der Waals surface area (Å²) in [6.07, 6.45) is 0. The molecule has 1 aromatic heterocycles. The van der Waals surface area contributed by atoms with Crippen molar-refractivity contribution < 1.29 is 0 Å². The number of halogens is 1. The van der Waals surface area contributed by atoms with Crippen molar-refractivity contribution >= 4 is 22.5 Å². The molecule has 0 aliphatic carbocycles. The largest absolute Gasteiger partial charge is 0.266 e. The summed E-state index contributed by atoms with van der Waals surface area (Å²) in [5.74, 6) is 0. The molecule has 0 bridgehead atoms. The van der Waals surface area contributed by atoms with Crippen LogP contribution in [0.3, 0.4) is 0 Å². The lowest BCUT2D eigenvalue weighted by molar-refractivity contribution is 0.794. The van der Waals surface area contributed by atoms with E-state index in [-0.39, 0.29) is 0 Å². The minimum Gasteiger partial charge on any atom is -0.266 e. The molecule has 1 heterocycles. The molecular formula is C10H11ClN2. The highest BCUT2D eigenvalue weighted by molar-refractivity contribution is 6.34. The van der Waals surface area contributed by atoms with Crippen molar-refractivity contribution in [3.05, 3.63) is 28.4 Å². The molecule has 0 fully saturated rings. The predicted molar refractivity (Wildman–Crippen MR) is 55.2 cm³/mol. The molecule has 0 radical (unpaired) electrons. The Kier molecular flexibility index (Phi) is 1.81. The zero-order valence-corrected chi connectivity index (χ0v) is 8.68. The van der Waals surface area contributed by atoms with E-state index in [1.165, 1.54) is 11.1 Å². The van der Waals surface area contributed by atoms with Gasteiger partial charge < -0.3 is 0 Å².